The van der Waals surface area contributed by atoms with E-state index >= 15 is 0 Å². The summed E-state index contributed by atoms with van der Waals surface area (Å²) in [5, 5.41) is 12.6. The Hall–Kier alpha value is -0.900. The quantitative estimate of drug-likeness (QED) is 0.822. The molecule has 0 saturated carbocycles. The highest BCUT2D eigenvalue weighted by atomic mass is 16.3. The van der Waals surface area contributed by atoms with Crippen LogP contribution in [0.1, 0.15) is 18.9 Å². The maximum atomic E-state index is 9.11. The molecule has 0 aliphatic carbocycles. The van der Waals surface area contributed by atoms with Gasteiger partial charge in [0.2, 0.25) is 0 Å². The number of nitrogens with zero attached hydrogens (tertiary/aromatic N) is 1. The van der Waals surface area contributed by atoms with Gasteiger partial charge in [-0.2, -0.15) is 0 Å². The molecule has 1 heterocycles. The summed E-state index contributed by atoms with van der Waals surface area (Å²) in [6, 6.07) is 11.6. The second-order valence-corrected chi connectivity index (χ2v) is 4.89. The molecule has 0 unspecified atom stereocenters. The molecule has 3 nitrogen and oxygen atoms in total. The van der Waals surface area contributed by atoms with Gasteiger partial charge in [0.25, 0.3) is 0 Å². The molecule has 1 saturated heterocycles. The Labute approximate surface area is 103 Å². The van der Waals surface area contributed by atoms with Crippen LogP contribution >= 0.6 is 0 Å². The molecule has 0 amide bonds. The van der Waals surface area contributed by atoms with Gasteiger partial charge in [-0.1, -0.05) is 30.3 Å². The average molecular weight is 234 g/mol. The maximum Gasteiger partial charge on any atom is 0.0446 e. The number of piperazine rings is 1. The van der Waals surface area contributed by atoms with Crippen molar-refractivity contribution in [3.05, 3.63) is 35.9 Å². The van der Waals surface area contributed by atoms with Crippen molar-refractivity contribution in [1.82, 2.24) is 10.2 Å². The van der Waals surface area contributed by atoms with E-state index < -0.39 is 0 Å². The highest BCUT2D eigenvalue weighted by molar-refractivity contribution is 5.14. The van der Waals surface area contributed by atoms with E-state index in [0.717, 1.165) is 26.1 Å². The van der Waals surface area contributed by atoms with Crippen LogP contribution in [-0.2, 0) is 6.54 Å². The van der Waals surface area contributed by atoms with Crippen LogP contribution in [0.4, 0.5) is 0 Å². The lowest BCUT2D eigenvalue weighted by Gasteiger charge is -2.39. The minimum absolute atomic E-state index is 0.270. The zero-order chi connectivity index (χ0) is 12.1. The van der Waals surface area contributed by atoms with E-state index in [0.29, 0.717) is 12.1 Å². The maximum absolute atomic E-state index is 9.11. The molecule has 17 heavy (non-hydrogen) atoms. The first-order chi connectivity index (χ1) is 8.29. The summed E-state index contributed by atoms with van der Waals surface area (Å²) in [5.74, 6) is 0. The van der Waals surface area contributed by atoms with Crippen LogP contribution in [0, 0.1) is 0 Å². The molecule has 3 heteroatoms. The fourth-order valence-corrected chi connectivity index (χ4v) is 2.48. The number of rotatable bonds is 4. The first-order valence-electron chi connectivity index (χ1n) is 6.42. The Morgan fingerprint density at radius 2 is 2.12 bits per heavy atom. The Morgan fingerprint density at radius 1 is 1.35 bits per heavy atom. The third-order valence-corrected chi connectivity index (χ3v) is 3.42. The molecule has 0 spiro atoms. The Kier molecular flexibility index (Phi) is 4.54. The Bertz CT molecular complexity index is 328. The summed E-state index contributed by atoms with van der Waals surface area (Å²) < 4.78 is 0. The summed E-state index contributed by atoms with van der Waals surface area (Å²) in [6.07, 6.45) is 0.854. The number of hydrogen-bond acceptors (Lipinski definition) is 3. The summed E-state index contributed by atoms with van der Waals surface area (Å²) in [4.78, 5) is 2.48. The van der Waals surface area contributed by atoms with Gasteiger partial charge >= 0.3 is 0 Å². The van der Waals surface area contributed by atoms with E-state index in [1.807, 2.05) is 0 Å². The van der Waals surface area contributed by atoms with Gasteiger partial charge in [-0.05, 0) is 18.9 Å². The van der Waals surface area contributed by atoms with Crippen molar-refractivity contribution in [3.63, 3.8) is 0 Å². The lowest BCUT2D eigenvalue weighted by molar-refractivity contribution is 0.104. The monoisotopic (exact) mass is 234 g/mol. The molecular formula is C14H22N2O. The van der Waals surface area contributed by atoms with Crippen LogP contribution in [0.5, 0.6) is 0 Å². The van der Waals surface area contributed by atoms with Crippen molar-refractivity contribution in [3.8, 4) is 0 Å². The molecule has 2 rings (SSSR count). The predicted molar refractivity (Wildman–Crippen MR) is 69.8 cm³/mol. The highest BCUT2D eigenvalue weighted by Gasteiger charge is 2.24. The predicted octanol–water partition coefficient (Wildman–Crippen LogP) is 1.23. The molecule has 94 valence electrons. The number of hydrogen-bond donors (Lipinski definition) is 2. The van der Waals surface area contributed by atoms with Crippen LogP contribution < -0.4 is 5.32 Å². The largest absolute Gasteiger partial charge is 0.396 e. The van der Waals surface area contributed by atoms with Crippen LogP contribution in [0.15, 0.2) is 30.3 Å². The van der Waals surface area contributed by atoms with Gasteiger partial charge in [0.05, 0.1) is 0 Å². The molecule has 0 radical (unpaired) electrons. The van der Waals surface area contributed by atoms with E-state index in [9.17, 15) is 0 Å². The van der Waals surface area contributed by atoms with E-state index in [-0.39, 0.29) is 6.61 Å². The molecule has 1 aliphatic heterocycles. The standard InChI is InChI=1S/C14H22N2O/c1-12-10-16(14(7-8-17)9-15-12)11-13-5-3-2-4-6-13/h2-6,12,14-15,17H,7-11H2,1H3/t12-,14+/m1/s1. The zero-order valence-corrected chi connectivity index (χ0v) is 10.5. The van der Waals surface area contributed by atoms with E-state index in [1.54, 1.807) is 0 Å². The lowest BCUT2D eigenvalue weighted by Crippen LogP contribution is -2.55. The van der Waals surface area contributed by atoms with Gasteiger partial charge in [0.1, 0.15) is 0 Å². The van der Waals surface area contributed by atoms with Crippen molar-refractivity contribution >= 4 is 0 Å². The third-order valence-electron chi connectivity index (χ3n) is 3.42. The zero-order valence-electron chi connectivity index (χ0n) is 10.5. The van der Waals surface area contributed by atoms with Crippen molar-refractivity contribution < 1.29 is 5.11 Å². The fourth-order valence-electron chi connectivity index (χ4n) is 2.48. The molecule has 1 aromatic carbocycles. The molecular weight excluding hydrogens is 212 g/mol. The van der Waals surface area contributed by atoms with Gasteiger partial charge in [-0.3, -0.25) is 4.90 Å². The SMILES string of the molecule is C[C@@H]1CN(Cc2ccccc2)[C@@H](CCO)CN1. The van der Waals surface area contributed by atoms with Gasteiger partial charge in [0, 0.05) is 38.3 Å². The average Bonchev–Trinajstić information content (AvgIpc) is 2.34. The second kappa shape index (κ2) is 6.15. The van der Waals surface area contributed by atoms with E-state index in [2.05, 4.69) is 47.5 Å². The van der Waals surface area contributed by atoms with Crippen LogP contribution in [0.2, 0.25) is 0 Å². The van der Waals surface area contributed by atoms with E-state index in [4.69, 9.17) is 5.11 Å². The smallest absolute Gasteiger partial charge is 0.0446 e. The highest BCUT2D eigenvalue weighted by Crippen LogP contribution is 2.14. The molecule has 2 N–H and O–H groups in total. The Morgan fingerprint density at radius 3 is 2.82 bits per heavy atom. The normalized spacial score (nSPS) is 26.0. The van der Waals surface area contributed by atoms with Crippen LogP contribution in [-0.4, -0.2) is 41.8 Å². The minimum atomic E-state index is 0.270. The first kappa shape index (κ1) is 12.6. The topological polar surface area (TPSA) is 35.5 Å². The van der Waals surface area contributed by atoms with Crippen molar-refractivity contribution in [2.75, 3.05) is 19.7 Å². The third kappa shape index (κ3) is 3.53. The molecule has 1 aromatic rings. The molecule has 2 atom stereocenters. The molecule has 0 aromatic heterocycles. The summed E-state index contributed by atoms with van der Waals surface area (Å²) in [6.45, 7) is 5.50. The van der Waals surface area contributed by atoms with Crippen LogP contribution in [0.25, 0.3) is 0 Å². The van der Waals surface area contributed by atoms with Crippen molar-refractivity contribution in [1.29, 1.82) is 0 Å². The number of aliphatic hydroxyl groups excluding tert-OH is 1. The van der Waals surface area contributed by atoms with Gasteiger partial charge in [-0.25, -0.2) is 0 Å². The van der Waals surface area contributed by atoms with Crippen molar-refractivity contribution in [2.24, 2.45) is 0 Å². The van der Waals surface area contributed by atoms with Crippen LogP contribution in [0.3, 0.4) is 0 Å². The second-order valence-electron chi connectivity index (χ2n) is 4.89. The number of benzene rings is 1. The van der Waals surface area contributed by atoms with Crippen molar-refractivity contribution in [2.45, 2.75) is 32.0 Å². The first-order valence-corrected chi connectivity index (χ1v) is 6.42. The number of aliphatic hydroxyl groups is 1. The fraction of sp³-hybridized carbons (Fsp3) is 0.571. The molecule has 1 fully saturated rings. The summed E-state index contributed by atoms with van der Waals surface area (Å²) in [5.41, 5.74) is 1.35. The van der Waals surface area contributed by atoms with Gasteiger partial charge in [-0.15, -0.1) is 0 Å². The summed E-state index contributed by atoms with van der Waals surface area (Å²) >= 11 is 0. The molecule has 0 bridgehead atoms. The van der Waals surface area contributed by atoms with Gasteiger partial charge < -0.3 is 10.4 Å². The van der Waals surface area contributed by atoms with E-state index in [1.165, 1.54) is 5.56 Å². The Balaban J connectivity index is 1.99. The lowest BCUT2D eigenvalue weighted by atomic mass is 10.1. The minimum Gasteiger partial charge on any atom is -0.396 e. The van der Waals surface area contributed by atoms with Gasteiger partial charge in [0.15, 0.2) is 0 Å². The number of nitrogens with one attached hydrogen (secondary N) is 1. The summed E-state index contributed by atoms with van der Waals surface area (Å²) in [7, 11) is 0. The molecule has 1 aliphatic rings.